The zero-order valence-electron chi connectivity index (χ0n) is 16.5. The number of rotatable bonds is 5. The van der Waals surface area contributed by atoms with Crippen LogP contribution in [0.1, 0.15) is 43.1 Å². The summed E-state index contributed by atoms with van der Waals surface area (Å²) in [4.78, 5) is 47.1. The number of pyridine rings is 1. The number of nitrogens with zero attached hydrogens (tertiary/aromatic N) is 4. The van der Waals surface area contributed by atoms with Crippen LogP contribution in [0.5, 0.6) is 0 Å². The number of hydrogen-bond acceptors (Lipinski definition) is 5. The van der Waals surface area contributed by atoms with Crippen LogP contribution in [0.4, 0.5) is 0 Å². The Kier molecular flexibility index (Phi) is 5.42. The quantitative estimate of drug-likeness (QED) is 0.811. The molecule has 0 unspecified atom stereocenters. The fraction of sp³-hybridized carbons (Fsp3) is 0.476. The molecule has 2 aliphatic heterocycles. The highest BCUT2D eigenvalue weighted by molar-refractivity contribution is 5.76. The first-order valence-electron chi connectivity index (χ1n) is 10.0. The maximum atomic E-state index is 12.6. The van der Waals surface area contributed by atoms with Gasteiger partial charge in [0.15, 0.2) is 0 Å². The van der Waals surface area contributed by atoms with Gasteiger partial charge in [-0.05, 0) is 24.8 Å². The van der Waals surface area contributed by atoms with Gasteiger partial charge >= 0.3 is 0 Å². The van der Waals surface area contributed by atoms with Crippen molar-refractivity contribution in [3.05, 3.63) is 58.5 Å². The maximum Gasteiger partial charge on any atom is 0.251 e. The molecule has 4 heterocycles. The van der Waals surface area contributed by atoms with Crippen molar-refractivity contribution >= 4 is 11.8 Å². The van der Waals surface area contributed by atoms with Gasteiger partial charge in [0.05, 0.1) is 11.7 Å². The van der Waals surface area contributed by atoms with Gasteiger partial charge < -0.3 is 14.8 Å². The summed E-state index contributed by atoms with van der Waals surface area (Å²) in [5.41, 5.74) is 1.68. The molecule has 0 radical (unpaired) electrons. The predicted octanol–water partition coefficient (Wildman–Crippen LogP) is 0.894. The van der Waals surface area contributed by atoms with Crippen LogP contribution in [0.3, 0.4) is 0 Å². The van der Waals surface area contributed by atoms with E-state index in [4.69, 9.17) is 0 Å². The lowest BCUT2D eigenvalue weighted by Crippen LogP contribution is -2.52. The predicted molar refractivity (Wildman–Crippen MR) is 106 cm³/mol. The van der Waals surface area contributed by atoms with Gasteiger partial charge in [0.2, 0.25) is 11.8 Å². The van der Waals surface area contributed by atoms with Crippen LogP contribution in [0.25, 0.3) is 0 Å². The molecule has 1 saturated heterocycles. The van der Waals surface area contributed by atoms with E-state index < -0.39 is 0 Å². The summed E-state index contributed by atoms with van der Waals surface area (Å²) in [6, 6.07) is 5.15. The van der Waals surface area contributed by atoms with Gasteiger partial charge in [0.25, 0.3) is 5.56 Å². The normalized spacial score (nSPS) is 22.7. The van der Waals surface area contributed by atoms with Gasteiger partial charge in [-0.25, -0.2) is 0 Å². The molecule has 1 N–H and O–H groups in total. The Hall–Kier alpha value is -3.03. The highest BCUT2D eigenvalue weighted by Crippen LogP contribution is 2.40. The van der Waals surface area contributed by atoms with E-state index >= 15 is 0 Å². The van der Waals surface area contributed by atoms with Crippen LogP contribution in [-0.2, 0) is 16.0 Å². The molecule has 0 saturated carbocycles. The van der Waals surface area contributed by atoms with Crippen molar-refractivity contribution in [1.29, 1.82) is 0 Å². The summed E-state index contributed by atoms with van der Waals surface area (Å²) in [7, 11) is 0. The molecule has 0 aliphatic carbocycles. The van der Waals surface area contributed by atoms with Crippen molar-refractivity contribution in [2.75, 3.05) is 19.6 Å². The third-order valence-electron chi connectivity index (χ3n) is 5.98. The lowest BCUT2D eigenvalue weighted by molar-refractivity contribution is -0.132. The molecule has 4 rings (SSSR count). The summed E-state index contributed by atoms with van der Waals surface area (Å²) < 4.78 is 1.83. The van der Waals surface area contributed by atoms with Crippen LogP contribution in [0.15, 0.2) is 41.6 Å². The molecule has 29 heavy (non-hydrogen) atoms. The molecule has 8 heteroatoms. The second kappa shape index (κ2) is 8.14. The van der Waals surface area contributed by atoms with Gasteiger partial charge in [0.1, 0.15) is 0 Å². The van der Waals surface area contributed by atoms with Crippen molar-refractivity contribution in [3.8, 4) is 0 Å². The minimum atomic E-state index is -0.155. The van der Waals surface area contributed by atoms with E-state index in [0.29, 0.717) is 32.5 Å². The average Bonchev–Trinajstić information content (AvgIpc) is 2.73. The van der Waals surface area contributed by atoms with Crippen molar-refractivity contribution in [1.82, 2.24) is 24.8 Å². The highest BCUT2D eigenvalue weighted by atomic mass is 16.2. The number of aryl methyl sites for hydroxylation is 1. The van der Waals surface area contributed by atoms with E-state index in [-0.39, 0.29) is 35.3 Å². The van der Waals surface area contributed by atoms with Gasteiger partial charge in [-0.2, -0.15) is 0 Å². The van der Waals surface area contributed by atoms with Crippen molar-refractivity contribution < 1.29 is 9.59 Å². The molecular weight excluding hydrogens is 370 g/mol. The SMILES string of the molecule is CC(=O)N1C[C@H]2C[C@@H](C1)[C@H](CNC(=O)CCc1cnccn1)n1c2cccc1=O. The summed E-state index contributed by atoms with van der Waals surface area (Å²) in [6.07, 6.45) is 6.62. The Labute approximate surface area is 169 Å². The second-order valence-electron chi connectivity index (χ2n) is 7.84. The van der Waals surface area contributed by atoms with Crippen molar-refractivity contribution in [3.63, 3.8) is 0 Å². The zero-order chi connectivity index (χ0) is 20.4. The molecule has 2 aromatic rings. The Morgan fingerprint density at radius 2 is 2.10 bits per heavy atom. The third kappa shape index (κ3) is 4.06. The van der Waals surface area contributed by atoms with Gasteiger partial charge in [-0.1, -0.05) is 6.07 Å². The monoisotopic (exact) mass is 395 g/mol. The second-order valence-corrected chi connectivity index (χ2v) is 7.84. The molecule has 2 aliphatic rings. The molecule has 0 spiro atoms. The Bertz CT molecular complexity index is 958. The Morgan fingerprint density at radius 3 is 2.86 bits per heavy atom. The maximum absolute atomic E-state index is 12.6. The fourth-order valence-electron chi connectivity index (χ4n) is 4.57. The number of carbonyl (C=O) groups is 2. The van der Waals surface area contributed by atoms with Crippen LogP contribution >= 0.6 is 0 Å². The topological polar surface area (TPSA) is 97.2 Å². The van der Waals surface area contributed by atoms with E-state index in [1.165, 1.54) is 0 Å². The number of hydrogen-bond donors (Lipinski definition) is 1. The molecule has 1 fully saturated rings. The summed E-state index contributed by atoms with van der Waals surface area (Å²) in [6.45, 7) is 3.22. The minimum absolute atomic E-state index is 0.0488. The average molecular weight is 395 g/mol. The third-order valence-corrected chi connectivity index (χ3v) is 5.98. The van der Waals surface area contributed by atoms with Crippen LogP contribution < -0.4 is 10.9 Å². The van der Waals surface area contributed by atoms with E-state index in [1.807, 2.05) is 15.5 Å². The number of likely N-dealkylation sites (tertiary alicyclic amines) is 1. The lowest BCUT2D eigenvalue weighted by atomic mass is 9.78. The molecule has 0 aromatic carbocycles. The first kappa shape index (κ1) is 19.3. The van der Waals surface area contributed by atoms with Gasteiger partial charge in [-0.15, -0.1) is 0 Å². The van der Waals surface area contributed by atoms with E-state index in [1.54, 1.807) is 37.6 Å². The molecule has 2 amide bonds. The molecule has 8 nitrogen and oxygen atoms in total. The van der Waals surface area contributed by atoms with E-state index in [0.717, 1.165) is 17.8 Å². The molecular formula is C21H25N5O3. The number of piperidine rings is 1. The first-order valence-corrected chi connectivity index (χ1v) is 10.0. The van der Waals surface area contributed by atoms with E-state index in [2.05, 4.69) is 15.3 Å². The van der Waals surface area contributed by atoms with Crippen LogP contribution in [-0.4, -0.2) is 50.9 Å². The number of nitrogens with one attached hydrogen (secondary N) is 1. The zero-order valence-corrected chi connectivity index (χ0v) is 16.5. The van der Waals surface area contributed by atoms with Crippen LogP contribution in [0.2, 0.25) is 0 Å². The summed E-state index contributed by atoms with van der Waals surface area (Å²) in [5, 5.41) is 2.99. The smallest absolute Gasteiger partial charge is 0.251 e. The number of amides is 2. The standard InChI is InChI=1S/C21H25N5O3/c1-14(27)25-12-15-9-16(13-25)19(26-18(15)3-2-4-21(26)29)11-24-20(28)6-5-17-10-22-7-8-23-17/h2-4,7-8,10,15-16,19H,5-6,9,11-13H2,1H3,(H,24,28)/t15-,16+,19+/m1/s1. The molecule has 2 bridgehead atoms. The van der Waals surface area contributed by atoms with Crippen molar-refractivity contribution in [2.45, 2.75) is 38.1 Å². The summed E-state index contributed by atoms with van der Waals surface area (Å²) >= 11 is 0. The molecule has 2 aromatic heterocycles. The van der Waals surface area contributed by atoms with Gasteiger partial charge in [0, 0.05) is 69.2 Å². The molecule has 3 atom stereocenters. The fourth-order valence-corrected chi connectivity index (χ4v) is 4.57. The Balaban J connectivity index is 1.48. The number of aromatic nitrogens is 3. The van der Waals surface area contributed by atoms with Gasteiger partial charge in [-0.3, -0.25) is 24.4 Å². The number of fused-ring (bicyclic) bond motifs is 4. The highest BCUT2D eigenvalue weighted by Gasteiger charge is 2.41. The lowest BCUT2D eigenvalue weighted by Gasteiger charge is -2.46. The van der Waals surface area contributed by atoms with Crippen molar-refractivity contribution in [2.24, 2.45) is 5.92 Å². The first-order chi connectivity index (χ1) is 14.0. The largest absolute Gasteiger partial charge is 0.354 e. The van der Waals surface area contributed by atoms with E-state index in [9.17, 15) is 14.4 Å². The molecule has 152 valence electrons. The number of carbonyl (C=O) groups excluding carboxylic acids is 2. The summed E-state index contributed by atoms with van der Waals surface area (Å²) in [5.74, 6) is 0.279. The van der Waals surface area contributed by atoms with Crippen LogP contribution in [0, 0.1) is 5.92 Å². The minimum Gasteiger partial charge on any atom is -0.354 e. The Morgan fingerprint density at radius 1 is 1.24 bits per heavy atom.